The van der Waals surface area contributed by atoms with Crippen LogP contribution in [0.2, 0.25) is 0 Å². The van der Waals surface area contributed by atoms with Gasteiger partial charge in [0.1, 0.15) is 5.75 Å². The van der Waals surface area contributed by atoms with E-state index in [-0.39, 0.29) is 29.6 Å². The number of alkyl halides is 3. The minimum atomic E-state index is -4.55. The number of carbonyl (C=O) groups excluding carboxylic acids is 1. The van der Waals surface area contributed by atoms with Gasteiger partial charge in [0.2, 0.25) is 5.95 Å². The van der Waals surface area contributed by atoms with Crippen LogP contribution in [0, 0.1) is 6.92 Å². The Morgan fingerprint density at radius 3 is 2.62 bits per heavy atom. The molecule has 1 heterocycles. The number of aryl methyl sites for hydroxylation is 1. The number of hydrogen-bond acceptors (Lipinski definition) is 5. The van der Waals surface area contributed by atoms with E-state index in [0.29, 0.717) is 5.52 Å². The van der Waals surface area contributed by atoms with Crippen LogP contribution >= 0.6 is 0 Å². The van der Waals surface area contributed by atoms with Gasteiger partial charge in [0.15, 0.2) is 0 Å². The number of anilines is 2. The Kier molecular flexibility index (Phi) is 6.10. The van der Waals surface area contributed by atoms with Crippen molar-refractivity contribution in [3.8, 4) is 16.9 Å². The van der Waals surface area contributed by atoms with Gasteiger partial charge in [-0.2, -0.15) is 13.2 Å². The molecular weight excluding hydrogens is 445 g/mol. The fraction of sp³-hybridized carbons (Fsp3) is 0.160. The van der Waals surface area contributed by atoms with E-state index in [2.05, 4.69) is 15.3 Å². The van der Waals surface area contributed by atoms with Crippen LogP contribution in [0.1, 0.15) is 28.4 Å². The van der Waals surface area contributed by atoms with Gasteiger partial charge in [-0.3, -0.25) is 4.79 Å². The van der Waals surface area contributed by atoms with Gasteiger partial charge in [-0.1, -0.05) is 12.1 Å². The summed E-state index contributed by atoms with van der Waals surface area (Å²) in [6, 6.07) is 13.6. The zero-order chi connectivity index (χ0) is 24.5. The smallest absolute Gasteiger partial charge is 0.416 e. The van der Waals surface area contributed by atoms with E-state index in [1.807, 2.05) is 25.1 Å². The van der Waals surface area contributed by atoms with Gasteiger partial charge in [0.05, 0.1) is 23.4 Å². The number of amides is 1. The molecule has 3 N–H and O–H groups in total. The normalized spacial score (nSPS) is 11.4. The van der Waals surface area contributed by atoms with E-state index in [1.165, 1.54) is 6.07 Å². The quantitative estimate of drug-likeness (QED) is 0.385. The third-order valence-electron chi connectivity index (χ3n) is 5.26. The number of aromatic nitrogens is 2. The average molecular weight is 466 g/mol. The highest BCUT2D eigenvalue weighted by Gasteiger charge is 2.31. The summed E-state index contributed by atoms with van der Waals surface area (Å²) in [7, 11) is 0. The van der Waals surface area contributed by atoms with Gasteiger partial charge in [0, 0.05) is 17.1 Å². The minimum Gasteiger partial charge on any atom is -0.492 e. The number of halogens is 3. The van der Waals surface area contributed by atoms with Crippen molar-refractivity contribution in [2.45, 2.75) is 20.0 Å². The lowest BCUT2D eigenvalue weighted by Crippen LogP contribution is -2.14. The van der Waals surface area contributed by atoms with Gasteiger partial charge in [0.25, 0.3) is 5.91 Å². The molecular formula is C25H21F3N4O2. The molecule has 0 bridgehead atoms. The molecule has 0 radical (unpaired) electrons. The van der Waals surface area contributed by atoms with E-state index in [0.717, 1.165) is 34.2 Å². The van der Waals surface area contributed by atoms with Gasteiger partial charge in [-0.05, 0) is 73.0 Å². The molecule has 0 saturated carbocycles. The zero-order valence-corrected chi connectivity index (χ0v) is 18.4. The maximum atomic E-state index is 13.2. The van der Waals surface area contributed by atoms with Crippen LogP contribution < -0.4 is 15.8 Å². The second-order valence-corrected chi connectivity index (χ2v) is 7.63. The first-order chi connectivity index (χ1) is 16.2. The summed E-state index contributed by atoms with van der Waals surface area (Å²) in [6.45, 7) is 3.85. The van der Waals surface area contributed by atoms with E-state index in [1.54, 1.807) is 31.3 Å². The van der Waals surface area contributed by atoms with Crippen molar-refractivity contribution < 1.29 is 22.7 Å². The lowest BCUT2D eigenvalue weighted by atomic mass is 9.97. The molecule has 0 aliphatic heterocycles. The molecule has 34 heavy (non-hydrogen) atoms. The van der Waals surface area contributed by atoms with Crippen molar-refractivity contribution in [3.63, 3.8) is 0 Å². The Bertz CT molecular complexity index is 1390. The number of nitrogen functional groups attached to an aromatic ring is 1. The van der Waals surface area contributed by atoms with Crippen LogP contribution in [-0.4, -0.2) is 22.5 Å². The van der Waals surface area contributed by atoms with E-state index < -0.39 is 17.6 Å². The Morgan fingerprint density at radius 1 is 1.09 bits per heavy atom. The van der Waals surface area contributed by atoms with Crippen LogP contribution in [-0.2, 0) is 6.18 Å². The Morgan fingerprint density at radius 2 is 1.88 bits per heavy atom. The highest BCUT2D eigenvalue weighted by Crippen LogP contribution is 2.35. The fourth-order valence-electron chi connectivity index (χ4n) is 3.57. The Balaban J connectivity index is 1.68. The average Bonchev–Trinajstić information content (AvgIpc) is 2.79. The molecule has 174 valence electrons. The van der Waals surface area contributed by atoms with E-state index >= 15 is 0 Å². The highest BCUT2D eigenvalue weighted by atomic mass is 19.4. The molecule has 0 unspecified atom stereocenters. The summed E-state index contributed by atoms with van der Waals surface area (Å²) in [6.07, 6.45) is -2.93. The molecule has 0 aliphatic carbocycles. The van der Waals surface area contributed by atoms with Crippen LogP contribution in [0.4, 0.5) is 24.8 Å². The molecule has 9 heteroatoms. The number of nitrogens with two attached hydrogens (primary N) is 1. The van der Waals surface area contributed by atoms with Crippen molar-refractivity contribution in [2.75, 3.05) is 17.7 Å². The van der Waals surface area contributed by atoms with Crippen LogP contribution in [0.5, 0.6) is 5.75 Å². The van der Waals surface area contributed by atoms with Crippen LogP contribution in [0.15, 0.2) is 60.8 Å². The number of nitrogens with zero attached hydrogens (tertiary/aromatic N) is 2. The molecule has 4 rings (SSSR count). The molecule has 0 saturated heterocycles. The summed E-state index contributed by atoms with van der Waals surface area (Å²) in [5.41, 5.74) is 8.23. The number of ether oxygens (including phenoxy) is 1. The number of hydrogen-bond donors (Lipinski definition) is 2. The first-order valence-corrected chi connectivity index (χ1v) is 10.4. The summed E-state index contributed by atoms with van der Waals surface area (Å²) in [4.78, 5) is 21.2. The molecule has 6 nitrogen and oxygen atoms in total. The zero-order valence-electron chi connectivity index (χ0n) is 18.4. The van der Waals surface area contributed by atoms with Crippen molar-refractivity contribution in [2.24, 2.45) is 0 Å². The number of nitrogens with one attached hydrogen (secondary N) is 1. The third kappa shape index (κ3) is 4.78. The number of fused-ring (bicyclic) bond motifs is 1. The fourth-order valence-corrected chi connectivity index (χ4v) is 3.57. The standard InChI is InChI=1S/C25H21F3N4O2/c1-3-34-22-9-7-18(25(26,27)28)12-21(22)31-23(33)16-5-4-14(2)19(11-16)15-6-8-20-17(10-15)13-30-24(29)32-20/h4-13H,3H2,1-2H3,(H,31,33)(H2,29,30,32). The Hall–Kier alpha value is -4.14. The first-order valence-electron chi connectivity index (χ1n) is 10.4. The molecule has 0 atom stereocenters. The van der Waals surface area contributed by atoms with Gasteiger partial charge in [-0.25, -0.2) is 9.97 Å². The molecule has 1 aromatic heterocycles. The van der Waals surface area contributed by atoms with Crippen molar-refractivity contribution in [3.05, 3.63) is 77.5 Å². The molecule has 0 spiro atoms. The lowest BCUT2D eigenvalue weighted by Gasteiger charge is -2.15. The predicted molar refractivity (Wildman–Crippen MR) is 125 cm³/mol. The van der Waals surface area contributed by atoms with Crippen molar-refractivity contribution in [1.29, 1.82) is 0 Å². The second kappa shape index (κ2) is 9.01. The van der Waals surface area contributed by atoms with Crippen molar-refractivity contribution in [1.82, 2.24) is 9.97 Å². The predicted octanol–water partition coefficient (Wildman–Crippen LogP) is 5.86. The van der Waals surface area contributed by atoms with Crippen molar-refractivity contribution >= 4 is 28.4 Å². The van der Waals surface area contributed by atoms with Crippen LogP contribution in [0.3, 0.4) is 0 Å². The van der Waals surface area contributed by atoms with E-state index in [4.69, 9.17) is 10.5 Å². The van der Waals surface area contributed by atoms with Gasteiger partial charge < -0.3 is 15.8 Å². The van der Waals surface area contributed by atoms with Gasteiger partial charge in [-0.15, -0.1) is 0 Å². The molecule has 1 amide bonds. The van der Waals surface area contributed by atoms with Crippen LogP contribution in [0.25, 0.3) is 22.0 Å². The van der Waals surface area contributed by atoms with E-state index in [9.17, 15) is 18.0 Å². The maximum absolute atomic E-state index is 13.2. The topological polar surface area (TPSA) is 90.1 Å². The number of carbonyl (C=O) groups is 1. The third-order valence-corrected chi connectivity index (χ3v) is 5.26. The first kappa shape index (κ1) is 23.0. The number of rotatable bonds is 5. The number of benzene rings is 3. The highest BCUT2D eigenvalue weighted by molar-refractivity contribution is 6.06. The molecule has 3 aromatic carbocycles. The summed E-state index contributed by atoms with van der Waals surface area (Å²) >= 11 is 0. The lowest BCUT2D eigenvalue weighted by molar-refractivity contribution is -0.137. The summed E-state index contributed by atoms with van der Waals surface area (Å²) in [5, 5.41) is 3.34. The SMILES string of the molecule is CCOc1ccc(C(F)(F)F)cc1NC(=O)c1ccc(C)c(-c2ccc3nc(N)ncc3c2)c1. The molecule has 0 aliphatic rings. The minimum absolute atomic E-state index is 0.0516. The summed E-state index contributed by atoms with van der Waals surface area (Å²) < 4.78 is 45.0. The molecule has 0 fully saturated rings. The summed E-state index contributed by atoms with van der Waals surface area (Å²) in [5.74, 6) is -0.223. The monoisotopic (exact) mass is 466 g/mol. The molecule has 4 aromatic rings. The largest absolute Gasteiger partial charge is 0.492 e. The van der Waals surface area contributed by atoms with Gasteiger partial charge >= 0.3 is 6.18 Å². The second-order valence-electron chi connectivity index (χ2n) is 7.63. The Labute approximate surface area is 193 Å². The maximum Gasteiger partial charge on any atom is 0.416 e.